The molecule has 4 N–H and O–H groups in total. The van der Waals surface area contributed by atoms with Gasteiger partial charge >= 0.3 is 0 Å². The lowest BCUT2D eigenvalue weighted by Crippen LogP contribution is -2.47. The van der Waals surface area contributed by atoms with Crippen LogP contribution in [0.15, 0.2) is 27.8 Å². The monoisotopic (exact) mass is 347 g/mol. The van der Waals surface area contributed by atoms with Crippen LogP contribution in [0.4, 0.5) is 0 Å². The summed E-state index contributed by atoms with van der Waals surface area (Å²) in [5.41, 5.74) is 5.88. The standard InChI is InChI=1S/C12H15BrClN3O2/c1-6(2)10(11(15)17-19)16-12(18)7-4-3-5-8(13)9(7)14/h3-6,10,19H,1-2H3,(H2,15,17)(H,16,18). The number of nitrogens with zero attached hydrogens (tertiary/aromatic N) is 1. The Morgan fingerprint density at radius 1 is 1.53 bits per heavy atom. The molecule has 0 bridgehead atoms. The summed E-state index contributed by atoms with van der Waals surface area (Å²) in [7, 11) is 0. The third kappa shape index (κ3) is 3.84. The fourth-order valence-electron chi connectivity index (χ4n) is 1.54. The smallest absolute Gasteiger partial charge is 0.253 e. The van der Waals surface area contributed by atoms with Crippen LogP contribution < -0.4 is 11.1 Å². The molecule has 0 saturated heterocycles. The molecule has 1 aromatic rings. The van der Waals surface area contributed by atoms with Crippen LogP contribution in [0, 0.1) is 5.92 Å². The highest BCUT2D eigenvalue weighted by atomic mass is 79.9. The van der Waals surface area contributed by atoms with E-state index in [0.29, 0.717) is 15.1 Å². The van der Waals surface area contributed by atoms with Gasteiger partial charge in [-0.25, -0.2) is 0 Å². The zero-order chi connectivity index (χ0) is 14.6. The molecule has 1 aromatic carbocycles. The quantitative estimate of drug-likeness (QED) is 0.338. The maximum Gasteiger partial charge on any atom is 0.253 e. The first-order valence-corrected chi connectivity index (χ1v) is 6.77. The van der Waals surface area contributed by atoms with Crippen LogP contribution in [0.1, 0.15) is 24.2 Å². The Hall–Kier alpha value is -1.27. The summed E-state index contributed by atoms with van der Waals surface area (Å²) in [6, 6.07) is 4.49. The molecule has 1 unspecified atom stereocenters. The van der Waals surface area contributed by atoms with Gasteiger partial charge in [0.05, 0.1) is 16.6 Å². The molecule has 5 nitrogen and oxygen atoms in total. The van der Waals surface area contributed by atoms with Gasteiger partial charge in [0.1, 0.15) is 0 Å². The first-order chi connectivity index (χ1) is 8.88. The Kier molecular flexibility index (Phi) is 5.62. The second-order valence-electron chi connectivity index (χ2n) is 4.32. The molecule has 7 heteroatoms. The van der Waals surface area contributed by atoms with Gasteiger partial charge in [-0.15, -0.1) is 0 Å². The lowest BCUT2D eigenvalue weighted by Gasteiger charge is -2.21. The highest BCUT2D eigenvalue weighted by molar-refractivity contribution is 9.10. The minimum Gasteiger partial charge on any atom is -0.409 e. The summed E-state index contributed by atoms with van der Waals surface area (Å²) in [5, 5.41) is 14.7. The molecular formula is C12H15BrClN3O2. The Labute approximate surface area is 124 Å². The van der Waals surface area contributed by atoms with Crippen LogP contribution in [0.5, 0.6) is 0 Å². The van der Waals surface area contributed by atoms with E-state index in [0.717, 1.165) is 0 Å². The zero-order valence-electron chi connectivity index (χ0n) is 10.5. The average Bonchev–Trinajstić information content (AvgIpc) is 2.37. The molecule has 0 spiro atoms. The van der Waals surface area contributed by atoms with E-state index in [1.54, 1.807) is 18.2 Å². The number of benzene rings is 1. The third-order valence-corrected chi connectivity index (χ3v) is 3.88. The van der Waals surface area contributed by atoms with E-state index in [1.165, 1.54) is 0 Å². The lowest BCUT2D eigenvalue weighted by molar-refractivity contribution is 0.0939. The summed E-state index contributed by atoms with van der Waals surface area (Å²) < 4.78 is 0.631. The Bertz CT molecular complexity index is 506. The highest BCUT2D eigenvalue weighted by Crippen LogP contribution is 2.26. The summed E-state index contributed by atoms with van der Waals surface area (Å²) in [4.78, 5) is 12.1. The number of rotatable bonds is 4. The predicted octanol–water partition coefficient (Wildman–Crippen LogP) is 2.60. The number of carbonyl (C=O) groups excluding carboxylic acids is 1. The first kappa shape index (κ1) is 15.8. The van der Waals surface area contributed by atoms with Crippen LogP contribution in [0.25, 0.3) is 0 Å². The van der Waals surface area contributed by atoms with Gasteiger partial charge in [-0.05, 0) is 34.0 Å². The van der Waals surface area contributed by atoms with Crippen molar-refractivity contribution in [2.24, 2.45) is 16.8 Å². The number of nitrogens with one attached hydrogen (secondary N) is 1. The SMILES string of the molecule is CC(C)C(NC(=O)c1cccc(Br)c1Cl)/C(N)=N/O. The number of hydrogen-bond donors (Lipinski definition) is 3. The van der Waals surface area contributed by atoms with Gasteiger partial charge in [-0.2, -0.15) is 0 Å². The van der Waals surface area contributed by atoms with Gasteiger partial charge in [0.2, 0.25) is 0 Å². The average molecular weight is 349 g/mol. The molecule has 1 rings (SSSR count). The van der Waals surface area contributed by atoms with E-state index in [9.17, 15) is 4.79 Å². The van der Waals surface area contributed by atoms with E-state index in [-0.39, 0.29) is 17.7 Å². The van der Waals surface area contributed by atoms with Crippen molar-refractivity contribution in [3.8, 4) is 0 Å². The van der Waals surface area contributed by atoms with Gasteiger partial charge in [-0.3, -0.25) is 4.79 Å². The third-order valence-electron chi connectivity index (χ3n) is 2.58. The van der Waals surface area contributed by atoms with E-state index in [2.05, 4.69) is 26.4 Å². The summed E-state index contributed by atoms with van der Waals surface area (Å²) in [6.07, 6.45) is 0. The molecule has 0 aromatic heterocycles. The van der Waals surface area contributed by atoms with Crippen LogP contribution in [0.3, 0.4) is 0 Å². The maximum atomic E-state index is 12.1. The molecule has 1 amide bonds. The molecule has 0 aliphatic rings. The Balaban J connectivity index is 2.98. The molecule has 104 valence electrons. The van der Waals surface area contributed by atoms with Crippen LogP contribution in [-0.2, 0) is 0 Å². The number of amidine groups is 1. The van der Waals surface area contributed by atoms with E-state index >= 15 is 0 Å². The number of halogens is 2. The molecule has 1 atom stereocenters. The van der Waals surface area contributed by atoms with E-state index in [1.807, 2.05) is 13.8 Å². The summed E-state index contributed by atoms with van der Waals surface area (Å²) in [5.74, 6) is -0.447. The van der Waals surface area contributed by atoms with Crippen LogP contribution in [0.2, 0.25) is 5.02 Å². The normalized spacial score (nSPS) is 13.4. The topological polar surface area (TPSA) is 87.7 Å². The molecule has 0 aliphatic heterocycles. The minimum atomic E-state index is -0.562. The minimum absolute atomic E-state index is 0.0224. The summed E-state index contributed by atoms with van der Waals surface area (Å²) >= 11 is 9.30. The van der Waals surface area contributed by atoms with Gasteiger partial charge in [0.15, 0.2) is 5.84 Å². The fraction of sp³-hybridized carbons (Fsp3) is 0.333. The second-order valence-corrected chi connectivity index (χ2v) is 5.55. The largest absolute Gasteiger partial charge is 0.409 e. The van der Waals surface area contributed by atoms with Gasteiger partial charge in [-0.1, -0.05) is 36.7 Å². The summed E-state index contributed by atoms with van der Waals surface area (Å²) in [6.45, 7) is 3.71. The molecule has 0 saturated carbocycles. The van der Waals surface area contributed by atoms with Gasteiger partial charge in [0, 0.05) is 4.47 Å². The van der Waals surface area contributed by atoms with Crippen molar-refractivity contribution in [2.75, 3.05) is 0 Å². The van der Waals surface area contributed by atoms with E-state index in [4.69, 9.17) is 22.5 Å². The second kappa shape index (κ2) is 6.77. The molecule has 0 radical (unpaired) electrons. The molecule has 19 heavy (non-hydrogen) atoms. The molecule has 0 aliphatic carbocycles. The predicted molar refractivity (Wildman–Crippen MR) is 78.7 cm³/mol. The lowest BCUT2D eigenvalue weighted by atomic mass is 10.0. The van der Waals surface area contributed by atoms with Gasteiger partial charge < -0.3 is 16.3 Å². The number of oxime groups is 1. The van der Waals surface area contributed by atoms with Crippen molar-refractivity contribution in [2.45, 2.75) is 19.9 Å². The van der Waals surface area contributed by atoms with E-state index < -0.39 is 6.04 Å². The number of carbonyl (C=O) groups is 1. The van der Waals surface area contributed by atoms with Crippen molar-refractivity contribution in [1.82, 2.24) is 5.32 Å². The van der Waals surface area contributed by atoms with Crippen LogP contribution >= 0.6 is 27.5 Å². The number of nitrogens with two attached hydrogens (primary N) is 1. The zero-order valence-corrected chi connectivity index (χ0v) is 12.9. The number of amides is 1. The van der Waals surface area contributed by atoms with Crippen molar-refractivity contribution >= 4 is 39.3 Å². The Morgan fingerprint density at radius 3 is 2.68 bits per heavy atom. The maximum absolute atomic E-state index is 12.1. The molecular weight excluding hydrogens is 334 g/mol. The fourth-order valence-corrected chi connectivity index (χ4v) is 2.12. The molecule has 0 fully saturated rings. The highest BCUT2D eigenvalue weighted by Gasteiger charge is 2.22. The van der Waals surface area contributed by atoms with Crippen molar-refractivity contribution < 1.29 is 10.0 Å². The van der Waals surface area contributed by atoms with Crippen molar-refractivity contribution in [3.05, 3.63) is 33.3 Å². The molecule has 0 heterocycles. The van der Waals surface area contributed by atoms with Crippen molar-refractivity contribution in [1.29, 1.82) is 0 Å². The first-order valence-electron chi connectivity index (χ1n) is 5.60. The van der Waals surface area contributed by atoms with Crippen molar-refractivity contribution in [3.63, 3.8) is 0 Å². The van der Waals surface area contributed by atoms with Gasteiger partial charge in [0.25, 0.3) is 5.91 Å². The number of hydrogen-bond acceptors (Lipinski definition) is 3. The van der Waals surface area contributed by atoms with Crippen LogP contribution in [-0.4, -0.2) is 23.0 Å². The Morgan fingerprint density at radius 2 is 2.16 bits per heavy atom.